The van der Waals surface area contributed by atoms with Gasteiger partial charge >= 0.3 is 5.97 Å². The molecule has 0 bridgehead atoms. The molecule has 1 fully saturated rings. The lowest BCUT2D eigenvalue weighted by molar-refractivity contribution is -0.294. The zero-order valence-electron chi connectivity index (χ0n) is 18.2. The minimum atomic E-state index is -1.64. The normalized spacial score (nSPS) is 25.2. The van der Waals surface area contributed by atoms with E-state index >= 15 is 0 Å². The minimum Gasteiger partial charge on any atom is -0.493 e. The number of methoxy groups -OCH3 is 2. The number of benzene rings is 1. The Morgan fingerprint density at radius 1 is 1.00 bits per heavy atom. The molecule has 0 aromatic heterocycles. The third-order valence-electron chi connectivity index (χ3n) is 4.91. The zero-order chi connectivity index (χ0) is 23.5. The Kier molecular flexibility index (Phi) is 10.9. The molecule has 1 aromatic rings. The number of unbranched alkanes of at least 4 members (excludes halogenated alkanes) is 2. The molecule has 11 heteroatoms. The van der Waals surface area contributed by atoms with Crippen molar-refractivity contribution in [3.63, 3.8) is 0 Å². The predicted octanol–water partition coefficient (Wildman–Crippen LogP) is -0.387. The van der Waals surface area contributed by atoms with E-state index in [0.717, 1.165) is 12.8 Å². The maximum Gasteiger partial charge on any atom is 0.332 e. The van der Waals surface area contributed by atoms with E-state index in [1.165, 1.54) is 0 Å². The highest BCUT2D eigenvalue weighted by Crippen LogP contribution is 2.31. The number of carbonyl (C=O) groups excluding carboxylic acids is 1. The maximum atomic E-state index is 11.8. The standard InChI is InChI=1S/C21H32O11/c1-27-14-7-6-13(10-15(14)28-2)29-8-4-3-5-9-30-17(23)12-31-20-18(24)16(11-22)32-21(26)19(20)25/h6-7,10,16,18-22,24-26H,3-5,8-9,11-12H2,1-2H3/t16-,18-,19-,20+,21?/m1/s1. The van der Waals surface area contributed by atoms with E-state index in [1.807, 2.05) is 0 Å². The molecule has 182 valence electrons. The second kappa shape index (κ2) is 13.4. The minimum absolute atomic E-state index is 0.180. The van der Waals surface area contributed by atoms with E-state index in [2.05, 4.69) is 0 Å². The van der Waals surface area contributed by atoms with Gasteiger partial charge in [0.2, 0.25) is 0 Å². The second-order valence-electron chi connectivity index (χ2n) is 7.15. The molecule has 1 aliphatic rings. The lowest BCUT2D eigenvalue weighted by Crippen LogP contribution is -2.59. The molecule has 0 amide bonds. The topological polar surface area (TPSA) is 153 Å². The third kappa shape index (κ3) is 7.47. The van der Waals surface area contributed by atoms with Gasteiger partial charge in [0.15, 0.2) is 17.8 Å². The fraction of sp³-hybridized carbons (Fsp3) is 0.667. The SMILES string of the molecule is COc1ccc(OCCCCCOC(=O)CO[C@H]2[C@H](O)[C@@H](CO)OC(O)[C@@H]2O)cc1OC. The van der Waals surface area contributed by atoms with E-state index in [0.29, 0.717) is 30.3 Å². The van der Waals surface area contributed by atoms with E-state index in [-0.39, 0.29) is 6.61 Å². The third-order valence-corrected chi connectivity index (χ3v) is 4.91. The van der Waals surface area contributed by atoms with Gasteiger partial charge in [-0.2, -0.15) is 0 Å². The Morgan fingerprint density at radius 2 is 1.72 bits per heavy atom. The van der Waals surface area contributed by atoms with Gasteiger partial charge in [0, 0.05) is 6.07 Å². The zero-order valence-corrected chi connectivity index (χ0v) is 18.2. The van der Waals surface area contributed by atoms with Gasteiger partial charge < -0.3 is 48.8 Å². The van der Waals surface area contributed by atoms with Crippen molar-refractivity contribution < 1.29 is 53.6 Å². The Hall–Kier alpha value is -2.15. The second-order valence-corrected chi connectivity index (χ2v) is 7.15. The van der Waals surface area contributed by atoms with Crippen LogP contribution < -0.4 is 14.2 Å². The van der Waals surface area contributed by atoms with Crippen molar-refractivity contribution in [2.24, 2.45) is 0 Å². The molecular formula is C21H32O11. The molecule has 1 unspecified atom stereocenters. The average molecular weight is 460 g/mol. The molecule has 0 saturated carbocycles. The molecule has 2 rings (SSSR count). The van der Waals surface area contributed by atoms with Gasteiger partial charge in [-0.1, -0.05) is 0 Å². The Morgan fingerprint density at radius 3 is 2.41 bits per heavy atom. The van der Waals surface area contributed by atoms with Crippen molar-refractivity contribution in [3.8, 4) is 17.2 Å². The van der Waals surface area contributed by atoms with Gasteiger partial charge in [-0.05, 0) is 31.4 Å². The van der Waals surface area contributed by atoms with Gasteiger partial charge in [-0.25, -0.2) is 4.79 Å². The first-order valence-corrected chi connectivity index (χ1v) is 10.3. The highest BCUT2D eigenvalue weighted by atomic mass is 16.7. The van der Waals surface area contributed by atoms with Gasteiger partial charge in [0.05, 0.1) is 34.0 Å². The van der Waals surface area contributed by atoms with Crippen LogP contribution in [0.25, 0.3) is 0 Å². The summed E-state index contributed by atoms with van der Waals surface area (Å²) in [5, 5.41) is 38.6. The number of rotatable bonds is 13. The van der Waals surface area contributed by atoms with Crippen molar-refractivity contribution >= 4 is 5.97 Å². The van der Waals surface area contributed by atoms with Crippen LogP contribution >= 0.6 is 0 Å². The van der Waals surface area contributed by atoms with Crippen LogP contribution in [-0.2, 0) is 19.0 Å². The molecule has 1 heterocycles. The summed E-state index contributed by atoms with van der Waals surface area (Å²) in [6.45, 7) is -0.434. The van der Waals surface area contributed by atoms with Crippen LogP contribution in [0.15, 0.2) is 18.2 Å². The largest absolute Gasteiger partial charge is 0.493 e. The summed E-state index contributed by atoms with van der Waals surface area (Å²) in [5.41, 5.74) is 0. The predicted molar refractivity (Wildman–Crippen MR) is 110 cm³/mol. The quantitative estimate of drug-likeness (QED) is 0.225. The first-order valence-electron chi connectivity index (χ1n) is 10.3. The van der Waals surface area contributed by atoms with Crippen LogP contribution in [0.5, 0.6) is 17.2 Å². The number of carbonyl (C=O) groups is 1. The molecule has 11 nitrogen and oxygen atoms in total. The van der Waals surface area contributed by atoms with Crippen LogP contribution in [0.4, 0.5) is 0 Å². The average Bonchev–Trinajstić information content (AvgIpc) is 2.80. The number of hydrogen-bond donors (Lipinski definition) is 4. The van der Waals surface area contributed by atoms with Crippen molar-refractivity contribution in [1.82, 2.24) is 0 Å². The van der Waals surface area contributed by atoms with Crippen LogP contribution in [0.1, 0.15) is 19.3 Å². The van der Waals surface area contributed by atoms with E-state index in [1.54, 1.807) is 32.4 Å². The first-order chi connectivity index (χ1) is 15.4. The van der Waals surface area contributed by atoms with Gasteiger partial charge in [0.1, 0.15) is 36.8 Å². The molecule has 4 N–H and O–H groups in total. The Labute approximate surface area is 186 Å². The molecule has 0 spiro atoms. The van der Waals surface area contributed by atoms with Crippen LogP contribution in [0, 0.1) is 0 Å². The summed E-state index contributed by atoms with van der Waals surface area (Å²) in [7, 11) is 3.11. The number of aliphatic hydroxyl groups is 4. The monoisotopic (exact) mass is 460 g/mol. The molecule has 0 radical (unpaired) electrons. The van der Waals surface area contributed by atoms with Gasteiger partial charge in [-0.15, -0.1) is 0 Å². The number of esters is 1. The first kappa shape index (κ1) is 26.1. The van der Waals surface area contributed by atoms with Crippen molar-refractivity contribution in [2.45, 2.75) is 50.0 Å². The molecule has 5 atom stereocenters. The summed E-state index contributed by atoms with van der Waals surface area (Å²) in [5.74, 6) is 1.20. The number of ether oxygens (including phenoxy) is 6. The Balaban J connectivity index is 1.59. The summed E-state index contributed by atoms with van der Waals surface area (Å²) < 4.78 is 31.2. The summed E-state index contributed by atoms with van der Waals surface area (Å²) in [6, 6.07) is 5.30. The Bertz CT molecular complexity index is 698. The summed E-state index contributed by atoms with van der Waals surface area (Å²) in [6.07, 6.45) is -4.89. The molecular weight excluding hydrogens is 428 g/mol. The molecule has 1 aliphatic heterocycles. The fourth-order valence-electron chi connectivity index (χ4n) is 3.13. The maximum absolute atomic E-state index is 11.8. The van der Waals surface area contributed by atoms with Crippen molar-refractivity contribution in [1.29, 1.82) is 0 Å². The lowest BCUT2D eigenvalue weighted by Gasteiger charge is -2.39. The molecule has 1 saturated heterocycles. The highest BCUT2D eigenvalue weighted by molar-refractivity contribution is 5.70. The summed E-state index contributed by atoms with van der Waals surface area (Å²) >= 11 is 0. The molecule has 32 heavy (non-hydrogen) atoms. The van der Waals surface area contributed by atoms with Crippen molar-refractivity contribution in [3.05, 3.63) is 18.2 Å². The number of aliphatic hydroxyl groups excluding tert-OH is 4. The smallest absolute Gasteiger partial charge is 0.332 e. The molecule has 1 aromatic carbocycles. The highest BCUT2D eigenvalue weighted by Gasteiger charge is 2.44. The van der Waals surface area contributed by atoms with E-state index in [4.69, 9.17) is 33.5 Å². The van der Waals surface area contributed by atoms with Crippen LogP contribution in [-0.4, -0.2) is 97.7 Å². The van der Waals surface area contributed by atoms with Gasteiger partial charge in [-0.3, -0.25) is 0 Å². The van der Waals surface area contributed by atoms with Crippen molar-refractivity contribution in [2.75, 3.05) is 40.6 Å². The lowest BCUT2D eigenvalue weighted by atomic mass is 9.99. The fourth-order valence-corrected chi connectivity index (χ4v) is 3.13. The van der Waals surface area contributed by atoms with E-state index in [9.17, 15) is 20.1 Å². The molecule has 0 aliphatic carbocycles. The van der Waals surface area contributed by atoms with Gasteiger partial charge in [0.25, 0.3) is 0 Å². The van der Waals surface area contributed by atoms with E-state index < -0.39 is 49.9 Å². The van der Waals surface area contributed by atoms with Crippen LogP contribution in [0.3, 0.4) is 0 Å². The van der Waals surface area contributed by atoms with Crippen LogP contribution in [0.2, 0.25) is 0 Å². The number of hydrogen-bond acceptors (Lipinski definition) is 11. The summed E-state index contributed by atoms with van der Waals surface area (Å²) in [4.78, 5) is 11.8.